The minimum Gasteiger partial charge on any atom is -0.450 e. The molecule has 0 aliphatic carbocycles. The minimum atomic E-state index is -3.69. The Balaban J connectivity index is 1.58. The Bertz CT molecular complexity index is 1530. The van der Waals surface area contributed by atoms with Crippen LogP contribution in [0.15, 0.2) is 59.5 Å². The van der Waals surface area contributed by atoms with Gasteiger partial charge in [0.2, 0.25) is 10.0 Å². The van der Waals surface area contributed by atoms with Gasteiger partial charge in [-0.2, -0.15) is 4.31 Å². The Kier molecular flexibility index (Phi) is 11.1. The molecule has 0 bridgehead atoms. The predicted octanol–water partition coefficient (Wildman–Crippen LogP) is 5.26. The number of anilines is 1. The zero-order valence-corrected chi connectivity index (χ0v) is 26.4. The van der Waals surface area contributed by atoms with Gasteiger partial charge in [0.1, 0.15) is 5.00 Å². The zero-order valence-electron chi connectivity index (χ0n) is 24.7. The fraction of sp³-hybridized carbons (Fsp3) is 0.387. The van der Waals surface area contributed by atoms with E-state index in [2.05, 4.69) is 27.7 Å². The van der Waals surface area contributed by atoms with Crippen molar-refractivity contribution in [3.63, 3.8) is 0 Å². The van der Waals surface area contributed by atoms with Crippen LogP contribution in [0.1, 0.15) is 70.3 Å². The number of hydrogen-bond donors (Lipinski definition) is 2. The lowest BCUT2D eigenvalue weighted by Gasteiger charge is -2.27. The summed E-state index contributed by atoms with van der Waals surface area (Å²) in [6, 6.07) is 15.9. The van der Waals surface area contributed by atoms with E-state index in [4.69, 9.17) is 4.74 Å². The van der Waals surface area contributed by atoms with Crippen molar-refractivity contribution in [3.8, 4) is 0 Å². The SMILES string of the molecule is CCCN(CCC)S(=O)(=O)c1ccc(C(=O)Nc2sc3c(c2C(=O)NC(=O)OCC)CCN(Cc2ccccc2)C3)cc1. The van der Waals surface area contributed by atoms with Crippen LogP contribution in [0.4, 0.5) is 9.80 Å². The van der Waals surface area contributed by atoms with E-state index >= 15 is 0 Å². The highest BCUT2D eigenvalue weighted by Crippen LogP contribution is 2.38. The van der Waals surface area contributed by atoms with Gasteiger partial charge in [-0.25, -0.2) is 13.2 Å². The molecule has 2 N–H and O–H groups in total. The number of sulfonamides is 1. The molecule has 12 heteroatoms. The van der Waals surface area contributed by atoms with E-state index in [0.717, 1.165) is 17.0 Å². The average Bonchev–Trinajstić information content (AvgIpc) is 3.34. The molecule has 0 radical (unpaired) electrons. The van der Waals surface area contributed by atoms with Crippen LogP contribution < -0.4 is 10.6 Å². The number of thiophene rings is 1. The first-order valence-electron chi connectivity index (χ1n) is 14.5. The van der Waals surface area contributed by atoms with E-state index < -0.39 is 27.9 Å². The van der Waals surface area contributed by atoms with Crippen molar-refractivity contribution in [2.45, 2.75) is 58.0 Å². The molecule has 0 saturated carbocycles. The molecule has 1 aromatic heterocycles. The molecule has 3 amide bonds. The molecule has 0 atom stereocenters. The summed E-state index contributed by atoms with van der Waals surface area (Å²) in [5, 5.41) is 5.43. The average molecular weight is 627 g/mol. The number of hydrogen-bond acceptors (Lipinski definition) is 8. The van der Waals surface area contributed by atoms with Crippen LogP contribution in [-0.2, 0) is 34.3 Å². The number of imide groups is 1. The monoisotopic (exact) mass is 626 g/mol. The van der Waals surface area contributed by atoms with Gasteiger partial charge < -0.3 is 10.1 Å². The topological polar surface area (TPSA) is 125 Å². The smallest absolute Gasteiger partial charge is 0.414 e. The molecule has 0 spiro atoms. The molecule has 10 nitrogen and oxygen atoms in total. The van der Waals surface area contributed by atoms with Crippen LogP contribution in [0.2, 0.25) is 0 Å². The zero-order chi connectivity index (χ0) is 31.0. The molecule has 43 heavy (non-hydrogen) atoms. The summed E-state index contributed by atoms with van der Waals surface area (Å²) in [6.07, 6.45) is 1.10. The summed E-state index contributed by atoms with van der Waals surface area (Å²) in [5.74, 6) is -1.14. The fourth-order valence-electron chi connectivity index (χ4n) is 5.04. The van der Waals surface area contributed by atoms with Crippen molar-refractivity contribution >= 4 is 44.3 Å². The number of ether oxygens (including phenoxy) is 1. The molecule has 1 aliphatic rings. The van der Waals surface area contributed by atoms with Gasteiger partial charge >= 0.3 is 6.09 Å². The molecule has 1 aliphatic heterocycles. The number of carbonyl (C=O) groups is 3. The third-order valence-corrected chi connectivity index (χ3v) is 10.1. The molecular formula is C31H38N4O6S2. The third kappa shape index (κ3) is 7.88. The largest absolute Gasteiger partial charge is 0.450 e. The maximum absolute atomic E-state index is 13.3. The first kappa shape index (κ1) is 32.3. The second-order valence-electron chi connectivity index (χ2n) is 10.2. The van der Waals surface area contributed by atoms with E-state index in [0.29, 0.717) is 50.4 Å². The van der Waals surface area contributed by atoms with Crippen LogP contribution >= 0.6 is 11.3 Å². The molecule has 3 aromatic rings. The van der Waals surface area contributed by atoms with Gasteiger partial charge in [0.05, 0.1) is 17.1 Å². The van der Waals surface area contributed by atoms with Crippen molar-refractivity contribution in [1.82, 2.24) is 14.5 Å². The number of nitrogens with zero attached hydrogens (tertiary/aromatic N) is 2. The highest BCUT2D eigenvalue weighted by atomic mass is 32.2. The van der Waals surface area contributed by atoms with Crippen molar-refractivity contribution in [2.75, 3.05) is 31.6 Å². The molecule has 2 heterocycles. The van der Waals surface area contributed by atoms with Crippen LogP contribution in [0.5, 0.6) is 0 Å². The van der Waals surface area contributed by atoms with E-state index in [-0.39, 0.29) is 22.6 Å². The summed E-state index contributed by atoms with van der Waals surface area (Å²) in [6.45, 7) is 8.48. The molecule has 2 aromatic carbocycles. The summed E-state index contributed by atoms with van der Waals surface area (Å²) >= 11 is 1.30. The molecule has 4 rings (SSSR count). The van der Waals surface area contributed by atoms with Crippen molar-refractivity contribution < 1.29 is 27.5 Å². The van der Waals surface area contributed by atoms with Gasteiger partial charge in [0.15, 0.2) is 0 Å². The van der Waals surface area contributed by atoms with Crippen LogP contribution in [-0.4, -0.2) is 61.8 Å². The van der Waals surface area contributed by atoms with Crippen LogP contribution in [0.25, 0.3) is 0 Å². The van der Waals surface area contributed by atoms with Gasteiger partial charge in [-0.15, -0.1) is 11.3 Å². The van der Waals surface area contributed by atoms with E-state index in [1.807, 2.05) is 32.0 Å². The maximum atomic E-state index is 13.3. The van der Waals surface area contributed by atoms with Gasteiger partial charge in [-0.3, -0.25) is 19.8 Å². The van der Waals surface area contributed by atoms with Gasteiger partial charge in [0.25, 0.3) is 11.8 Å². The lowest BCUT2D eigenvalue weighted by atomic mass is 10.0. The Hall–Kier alpha value is -3.58. The van der Waals surface area contributed by atoms with E-state index in [9.17, 15) is 22.8 Å². The summed E-state index contributed by atoms with van der Waals surface area (Å²) < 4.78 is 32.6. The third-order valence-electron chi connectivity index (χ3n) is 7.03. The van der Waals surface area contributed by atoms with Crippen molar-refractivity contribution in [1.29, 1.82) is 0 Å². The molecule has 0 unspecified atom stereocenters. The van der Waals surface area contributed by atoms with Gasteiger partial charge in [0, 0.05) is 43.2 Å². The standard InChI is InChI=1S/C31H38N4O6S2/c1-4-17-35(18-5-2)43(39,40)24-14-12-23(13-15-24)28(36)32-30-27(29(37)33-31(38)41-6-3)25-16-19-34(21-26(25)42-30)20-22-10-8-7-9-11-22/h7-15H,4-6,16-21H2,1-3H3,(H,32,36)(H,33,37,38). The number of benzene rings is 2. The van der Waals surface area contributed by atoms with Crippen molar-refractivity contribution in [2.24, 2.45) is 0 Å². The number of amides is 3. The second-order valence-corrected chi connectivity index (χ2v) is 13.3. The Morgan fingerprint density at radius 2 is 1.63 bits per heavy atom. The minimum absolute atomic E-state index is 0.110. The number of nitrogens with one attached hydrogen (secondary N) is 2. The summed E-state index contributed by atoms with van der Waals surface area (Å²) in [5.41, 5.74) is 2.45. The Morgan fingerprint density at radius 3 is 2.26 bits per heavy atom. The lowest BCUT2D eigenvalue weighted by molar-refractivity contribution is 0.0924. The quantitative estimate of drug-likeness (QED) is 0.281. The van der Waals surface area contributed by atoms with Crippen LogP contribution in [0.3, 0.4) is 0 Å². The fourth-order valence-corrected chi connectivity index (χ4v) is 7.94. The normalized spacial score (nSPS) is 13.4. The molecular weight excluding hydrogens is 588 g/mol. The number of rotatable bonds is 12. The lowest BCUT2D eigenvalue weighted by Crippen LogP contribution is -2.34. The molecule has 0 saturated heterocycles. The van der Waals surface area contributed by atoms with E-state index in [1.54, 1.807) is 6.92 Å². The predicted molar refractivity (Wildman–Crippen MR) is 167 cm³/mol. The van der Waals surface area contributed by atoms with Crippen molar-refractivity contribution in [3.05, 3.63) is 81.7 Å². The van der Waals surface area contributed by atoms with Crippen LogP contribution in [0, 0.1) is 0 Å². The second kappa shape index (κ2) is 14.7. The van der Waals surface area contributed by atoms with Gasteiger partial charge in [-0.05, 0) is 61.6 Å². The highest BCUT2D eigenvalue weighted by molar-refractivity contribution is 7.89. The first-order chi connectivity index (χ1) is 20.7. The summed E-state index contributed by atoms with van der Waals surface area (Å²) in [4.78, 5) is 42.0. The number of carbonyl (C=O) groups excluding carboxylic acids is 3. The first-order valence-corrected chi connectivity index (χ1v) is 16.7. The van der Waals surface area contributed by atoms with E-state index in [1.165, 1.54) is 45.5 Å². The molecule has 230 valence electrons. The molecule has 0 fully saturated rings. The number of alkyl carbamates (subject to hydrolysis) is 1. The van der Waals surface area contributed by atoms with Gasteiger partial charge in [-0.1, -0.05) is 44.2 Å². The number of fused-ring (bicyclic) bond motifs is 1. The Labute approximate surface area is 257 Å². The summed E-state index contributed by atoms with van der Waals surface area (Å²) in [7, 11) is -3.69. The Morgan fingerprint density at radius 1 is 0.953 bits per heavy atom. The maximum Gasteiger partial charge on any atom is 0.414 e. The highest BCUT2D eigenvalue weighted by Gasteiger charge is 2.30.